The number of aromatic nitrogens is 1. The molecule has 1 nitrogen and oxygen atoms in total. The lowest BCUT2D eigenvalue weighted by Crippen LogP contribution is -2.21. The third-order valence-electron chi connectivity index (χ3n) is 7.57. The van der Waals surface area contributed by atoms with Crippen molar-refractivity contribution in [1.82, 2.24) is 4.57 Å². The molecule has 0 radical (unpaired) electrons. The van der Waals surface area contributed by atoms with Gasteiger partial charge in [0.05, 0.1) is 0 Å². The van der Waals surface area contributed by atoms with E-state index in [2.05, 4.69) is 149 Å². The van der Waals surface area contributed by atoms with Crippen molar-refractivity contribution >= 4 is 32.6 Å². The number of nitrogens with zero attached hydrogens (tertiary/aromatic N) is 1. The average molecular weight is 482 g/mol. The molecule has 1 aromatic heterocycles. The van der Waals surface area contributed by atoms with Crippen LogP contribution in [0.5, 0.6) is 0 Å². The number of benzene rings is 5. The summed E-state index contributed by atoms with van der Waals surface area (Å²) in [6.07, 6.45) is 0. The molecule has 0 aliphatic rings. The van der Waals surface area contributed by atoms with E-state index in [4.69, 9.17) is 0 Å². The number of hydrogen-bond donors (Lipinski definition) is 0. The van der Waals surface area contributed by atoms with Gasteiger partial charge < -0.3 is 4.57 Å². The summed E-state index contributed by atoms with van der Waals surface area (Å²) < 4.78 is 2.48. The molecule has 0 spiro atoms. The molecule has 6 aromatic rings. The number of rotatable bonds is 2. The maximum atomic E-state index is 2.48. The van der Waals surface area contributed by atoms with Gasteiger partial charge in [0.1, 0.15) is 0 Å². The van der Waals surface area contributed by atoms with E-state index >= 15 is 0 Å². The van der Waals surface area contributed by atoms with Crippen molar-refractivity contribution in [3.8, 4) is 22.3 Å². The number of fused-ring (bicyclic) bond motifs is 4. The van der Waals surface area contributed by atoms with Crippen LogP contribution in [0.4, 0.5) is 0 Å². The number of para-hydroxylation sites is 1. The highest BCUT2D eigenvalue weighted by molar-refractivity contribution is 6.11. The molecule has 184 valence electrons. The van der Waals surface area contributed by atoms with E-state index in [1.54, 1.807) is 0 Å². The van der Waals surface area contributed by atoms with Crippen molar-refractivity contribution in [2.75, 3.05) is 0 Å². The zero-order valence-electron chi connectivity index (χ0n) is 22.8. The van der Waals surface area contributed by atoms with E-state index in [0.717, 1.165) is 0 Å². The predicted molar refractivity (Wildman–Crippen MR) is 162 cm³/mol. The predicted octanol–water partition coefficient (Wildman–Crippen LogP) is 10.3. The van der Waals surface area contributed by atoms with E-state index in [1.165, 1.54) is 60.4 Å². The minimum absolute atomic E-state index is 0.0113. The standard InChI is InChI=1S/C36H35N/c1-35(2,3)30-17-12-15-25-19-21-27(33(34(25)30)24-13-8-7-9-14-24)26-20-22-32-29(23-26)28-16-10-11-18-31(28)37(32)36(4,5)6/h7-23H,1-6H3. The van der Waals surface area contributed by atoms with Gasteiger partial charge in [0.15, 0.2) is 0 Å². The van der Waals surface area contributed by atoms with Crippen LogP contribution in [0.25, 0.3) is 54.8 Å². The highest BCUT2D eigenvalue weighted by Crippen LogP contribution is 2.44. The summed E-state index contributed by atoms with van der Waals surface area (Å²) in [4.78, 5) is 0. The van der Waals surface area contributed by atoms with Gasteiger partial charge >= 0.3 is 0 Å². The Kier molecular flexibility index (Phi) is 5.31. The molecule has 5 aromatic carbocycles. The molecule has 0 N–H and O–H groups in total. The fourth-order valence-electron chi connectivity index (χ4n) is 6.01. The SMILES string of the molecule is CC(C)(C)c1cccc2ccc(-c3ccc4c(c3)c3ccccc3n4C(C)(C)C)c(-c3ccccc3)c12. The first kappa shape index (κ1) is 23.6. The van der Waals surface area contributed by atoms with Crippen LogP contribution in [0.3, 0.4) is 0 Å². The van der Waals surface area contributed by atoms with Crippen molar-refractivity contribution in [1.29, 1.82) is 0 Å². The first-order valence-electron chi connectivity index (χ1n) is 13.3. The molecule has 0 aliphatic heterocycles. The Morgan fingerprint density at radius 2 is 1.24 bits per heavy atom. The van der Waals surface area contributed by atoms with E-state index < -0.39 is 0 Å². The summed E-state index contributed by atoms with van der Waals surface area (Å²) in [5.74, 6) is 0. The minimum Gasteiger partial charge on any atom is -0.335 e. The van der Waals surface area contributed by atoms with Crippen LogP contribution in [-0.4, -0.2) is 4.57 Å². The Bertz CT molecular complexity index is 1770. The Balaban J connectivity index is 1.72. The summed E-state index contributed by atoms with van der Waals surface area (Å²) in [5.41, 5.74) is 9.11. The first-order chi connectivity index (χ1) is 17.6. The first-order valence-corrected chi connectivity index (χ1v) is 13.3. The Morgan fingerprint density at radius 1 is 0.541 bits per heavy atom. The van der Waals surface area contributed by atoms with Crippen molar-refractivity contribution < 1.29 is 0 Å². The molecule has 0 amide bonds. The smallest absolute Gasteiger partial charge is 0.0496 e. The molecule has 1 heterocycles. The van der Waals surface area contributed by atoms with Gasteiger partial charge in [0.25, 0.3) is 0 Å². The summed E-state index contributed by atoms with van der Waals surface area (Å²) in [5, 5.41) is 5.27. The second kappa shape index (κ2) is 8.35. The van der Waals surface area contributed by atoms with E-state index in [-0.39, 0.29) is 11.0 Å². The lowest BCUT2D eigenvalue weighted by molar-refractivity contribution is 0.423. The molecule has 37 heavy (non-hydrogen) atoms. The third kappa shape index (κ3) is 3.85. The Labute approximate surface area is 220 Å². The summed E-state index contributed by atoms with van der Waals surface area (Å²) in [6, 6.07) is 38.2. The van der Waals surface area contributed by atoms with E-state index in [1.807, 2.05) is 0 Å². The van der Waals surface area contributed by atoms with Crippen LogP contribution >= 0.6 is 0 Å². The summed E-state index contributed by atoms with van der Waals surface area (Å²) in [6.45, 7) is 13.8. The molecule has 6 rings (SSSR count). The second-order valence-electron chi connectivity index (χ2n) is 12.3. The second-order valence-corrected chi connectivity index (χ2v) is 12.3. The van der Waals surface area contributed by atoms with Crippen LogP contribution in [0.2, 0.25) is 0 Å². The Morgan fingerprint density at radius 3 is 1.97 bits per heavy atom. The van der Waals surface area contributed by atoms with Crippen LogP contribution in [0, 0.1) is 0 Å². The lowest BCUT2D eigenvalue weighted by atomic mass is 9.79. The van der Waals surface area contributed by atoms with Crippen molar-refractivity contribution in [3.63, 3.8) is 0 Å². The minimum atomic E-state index is -0.0113. The quantitative estimate of drug-likeness (QED) is 0.232. The molecular weight excluding hydrogens is 446 g/mol. The molecule has 0 saturated heterocycles. The summed E-state index contributed by atoms with van der Waals surface area (Å²) in [7, 11) is 0. The van der Waals surface area contributed by atoms with Crippen molar-refractivity contribution in [2.24, 2.45) is 0 Å². The normalized spacial score (nSPS) is 12.6. The van der Waals surface area contributed by atoms with Gasteiger partial charge in [-0.2, -0.15) is 0 Å². The van der Waals surface area contributed by atoms with E-state index in [9.17, 15) is 0 Å². The zero-order chi connectivity index (χ0) is 25.9. The molecular formula is C36H35N. The maximum Gasteiger partial charge on any atom is 0.0496 e. The molecule has 1 heteroatoms. The fourth-order valence-corrected chi connectivity index (χ4v) is 6.01. The van der Waals surface area contributed by atoms with Gasteiger partial charge in [0.2, 0.25) is 0 Å². The van der Waals surface area contributed by atoms with Crippen LogP contribution in [-0.2, 0) is 11.0 Å². The van der Waals surface area contributed by atoms with E-state index in [0.29, 0.717) is 0 Å². The monoisotopic (exact) mass is 481 g/mol. The summed E-state index contributed by atoms with van der Waals surface area (Å²) >= 11 is 0. The van der Waals surface area contributed by atoms with Gasteiger partial charge in [-0.25, -0.2) is 0 Å². The maximum absolute atomic E-state index is 2.48. The van der Waals surface area contributed by atoms with Gasteiger partial charge in [-0.05, 0) is 83.0 Å². The van der Waals surface area contributed by atoms with Gasteiger partial charge in [-0.3, -0.25) is 0 Å². The number of hydrogen-bond acceptors (Lipinski definition) is 0. The van der Waals surface area contributed by atoms with Crippen LogP contribution in [0.1, 0.15) is 47.1 Å². The molecule has 0 saturated carbocycles. The molecule has 0 unspecified atom stereocenters. The highest BCUT2D eigenvalue weighted by atomic mass is 15.0. The Hall–Kier alpha value is -3.84. The van der Waals surface area contributed by atoms with Gasteiger partial charge in [-0.15, -0.1) is 0 Å². The topological polar surface area (TPSA) is 4.93 Å². The highest BCUT2D eigenvalue weighted by Gasteiger charge is 2.23. The van der Waals surface area contributed by atoms with Crippen molar-refractivity contribution in [3.05, 3.63) is 109 Å². The fraction of sp³-hybridized carbons (Fsp3) is 0.222. The van der Waals surface area contributed by atoms with Crippen LogP contribution < -0.4 is 0 Å². The van der Waals surface area contributed by atoms with Gasteiger partial charge in [0, 0.05) is 27.3 Å². The molecule has 0 fully saturated rings. The zero-order valence-corrected chi connectivity index (χ0v) is 22.8. The molecule has 0 aliphatic carbocycles. The lowest BCUT2D eigenvalue weighted by Gasteiger charge is -2.25. The largest absolute Gasteiger partial charge is 0.335 e. The van der Waals surface area contributed by atoms with Crippen LogP contribution in [0.15, 0.2) is 103 Å². The molecule has 0 atom stereocenters. The van der Waals surface area contributed by atoms with Gasteiger partial charge in [-0.1, -0.05) is 106 Å². The molecule has 0 bridgehead atoms. The average Bonchev–Trinajstić information content (AvgIpc) is 3.22. The van der Waals surface area contributed by atoms with Crippen molar-refractivity contribution in [2.45, 2.75) is 52.5 Å². The third-order valence-corrected chi connectivity index (χ3v) is 7.57.